The number of rotatable bonds is 4. The lowest BCUT2D eigenvalue weighted by Crippen LogP contribution is -2.49. The van der Waals surface area contributed by atoms with Gasteiger partial charge in [-0.25, -0.2) is 13.8 Å². The molecule has 148 valence electrons. The lowest BCUT2D eigenvalue weighted by atomic mass is 9.90. The quantitative estimate of drug-likeness (QED) is 0.537. The normalized spacial score (nSPS) is 14.9. The Bertz CT molecular complexity index is 868. The molecule has 0 fully saturated rings. The number of aromatic nitrogens is 1. The highest BCUT2D eigenvalue weighted by Gasteiger charge is 2.55. The maximum atomic E-state index is 14.9. The standard InChI is InChI=1S/C17H18F5N2O2P/c1-15(2,25)9-6-12(16(26,7-23)17(20,21)22)24-14(13(9)19)8-3-4-10(18)11(27)5-8/h3-6,25-26H,7,23,27H2,1-2H3/t16-/m1/s1. The highest BCUT2D eigenvalue weighted by molar-refractivity contribution is 7.27. The fourth-order valence-electron chi connectivity index (χ4n) is 2.43. The fourth-order valence-corrected chi connectivity index (χ4v) is 2.71. The second kappa shape index (κ2) is 7.05. The van der Waals surface area contributed by atoms with Crippen LogP contribution in [0.2, 0.25) is 0 Å². The van der Waals surface area contributed by atoms with E-state index in [4.69, 9.17) is 5.73 Å². The van der Waals surface area contributed by atoms with Crippen molar-refractivity contribution in [3.8, 4) is 11.3 Å². The molecule has 2 aromatic rings. The van der Waals surface area contributed by atoms with E-state index in [1.807, 2.05) is 0 Å². The molecule has 27 heavy (non-hydrogen) atoms. The van der Waals surface area contributed by atoms with Crippen molar-refractivity contribution >= 4 is 14.5 Å². The van der Waals surface area contributed by atoms with Crippen molar-refractivity contribution in [2.75, 3.05) is 6.54 Å². The Balaban J connectivity index is 2.87. The van der Waals surface area contributed by atoms with Crippen molar-refractivity contribution in [1.29, 1.82) is 0 Å². The van der Waals surface area contributed by atoms with Gasteiger partial charge < -0.3 is 15.9 Å². The molecule has 4 N–H and O–H groups in total. The molecular weight excluding hydrogens is 390 g/mol. The summed E-state index contributed by atoms with van der Waals surface area (Å²) in [6, 6.07) is 3.91. The Morgan fingerprint density at radius 3 is 2.15 bits per heavy atom. The number of alkyl halides is 3. The van der Waals surface area contributed by atoms with Crippen LogP contribution in [0.4, 0.5) is 22.0 Å². The van der Waals surface area contributed by atoms with Crippen molar-refractivity contribution in [3.63, 3.8) is 0 Å². The number of pyridine rings is 1. The van der Waals surface area contributed by atoms with Gasteiger partial charge in [-0.15, -0.1) is 9.24 Å². The maximum Gasteiger partial charge on any atom is 0.424 e. The van der Waals surface area contributed by atoms with Gasteiger partial charge in [0.1, 0.15) is 11.5 Å². The SMILES string of the molecule is CC(C)(O)c1cc([C@](O)(CN)C(F)(F)F)nc(-c2ccc(F)c(P)c2)c1F. The number of nitrogens with zero attached hydrogens (tertiary/aromatic N) is 1. The molecule has 1 aromatic carbocycles. The third kappa shape index (κ3) is 3.96. The summed E-state index contributed by atoms with van der Waals surface area (Å²) in [5.41, 5.74) is -2.41. The molecule has 1 unspecified atom stereocenters. The predicted molar refractivity (Wildman–Crippen MR) is 93.2 cm³/mol. The number of benzene rings is 1. The van der Waals surface area contributed by atoms with Crippen LogP contribution in [0.25, 0.3) is 11.3 Å². The third-order valence-corrected chi connectivity index (χ3v) is 4.52. The van der Waals surface area contributed by atoms with E-state index >= 15 is 0 Å². The molecule has 0 saturated carbocycles. The zero-order valence-electron chi connectivity index (χ0n) is 14.4. The van der Waals surface area contributed by atoms with Crippen molar-refractivity contribution in [1.82, 2.24) is 4.98 Å². The average Bonchev–Trinajstić information content (AvgIpc) is 2.54. The van der Waals surface area contributed by atoms with Gasteiger partial charge in [-0.2, -0.15) is 13.2 Å². The first-order chi connectivity index (χ1) is 12.2. The second-order valence-electron chi connectivity index (χ2n) is 6.58. The number of hydrogen-bond donors (Lipinski definition) is 3. The molecule has 1 heterocycles. The van der Waals surface area contributed by atoms with E-state index in [0.717, 1.165) is 12.1 Å². The van der Waals surface area contributed by atoms with Gasteiger partial charge in [-0.05, 0) is 38.1 Å². The molecule has 0 saturated heterocycles. The van der Waals surface area contributed by atoms with Gasteiger partial charge in [-0.3, -0.25) is 0 Å². The van der Waals surface area contributed by atoms with Crippen LogP contribution >= 0.6 is 9.24 Å². The van der Waals surface area contributed by atoms with Crippen LogP contribution in [0, 0.1) is 11.6 Å². The number of aliphatic hydroxyl groups is 2. The first-order valence-electron chi connectivity index (χ1n) is 7.71. The molecule has 0 spiro atoms. The summed E-state index contributed by atoms with van der Waals surface area (Å²) >= 11 is 0. The van der Waals surface area contributed by atoms with E-state index in [2.05, 4.69) is 14.2 Å². The van der Waals surface area contributed by atoms with Gasteiger partial charge in [0.05, 0.1) is 11.3 Å². The predicted octanol–water partition coefficient (Wildman–Crippen LogP) is 2.46. The Labute approximate surface area is 154 Å². The van der Waals surface area contributed by atoms with Crippen LogP contribution in [0.1, 0.15) is 25.1 Å². The van der Waals surface area contributed by atoms with Gasteiger partial charge in [0.15, 0.2) is 5.82 Å². The number of halogens is 5. The van der Waals surface area contributed by atoms with Crippen LogP contribution in [0.3, 0.4) is 0 Å². The van der Waals surface area contributed by atoms with E-state index in [-0.39, 0.29) is 10.9 Å². The Morgan fingerprint density at radius 1 is 1.11 bits per heavy atom. The smallest absolute Gasteiger partial charge is 0.386 e. The summed E-state index contributed by atoms with van der Waals surface area (Å²) < 4.78 is 68.6. The van der Waals surface area contributed by atoms with Crippen LogP contribution in [-0.2, 0) is 11.2 Å². The van der Waals surface area contributed by atoms with E-state index in [1.54, 1.807) is 0 Å². The molecule has 0 radical (unpaired) electrons. The third-order valence-electron chi connectivity index (χ3n) is 4.07. The zero-order valence-corrected chi connectivity index (χ0v) is 15.6. The lowest BCUT2D eigenvalue weighted by Gasteiger charge is -2.30. The molecule has 0 amide bonds. The van der Waals surface area contributed by atoms with Crippen molar-refractivity contribution in [2.24, 2.45) is 5.73 Å². The monoisotopic (exact) mass is 408 g/mol. The Hall–Kier alpha value is -1.67. The van der Waals surface area contributed by atoms with Crippen LogP contribution in [0.5, 0.6) is 0 Å². The second-order valence-corrected chi connectivity index (χ2v) is 7.20. The van der Waals surface area contributed by atoms with E-state index in [1.165, 1.54) is 19.9 Å². The first kappa shape index (κ1) is 21.6. The van der Waals surface area contributed by atoms with Gasteiger partial charge in [0.2, 0.25) is 5.60 Å². The summed E-state index contributed by atoms with van der Waals surface area (Å²) in [5, 5.41) is 20.3. The molecule has 0 aliphatic heterocycles. The Kier molecular flexibility index (Phi) is 5.65. The number of nitrogens with two attached hydrogens (primary N) is 1. The molecule has 2 atom stereocenters. The summed E-state index contributed by atoms with van der Waals surface area (Å²) in [6.07, 6.45) is -5.20. The Morgan fingerprint density at radius 2 is 1.70 bits per heavy atom. The van der Waals surface area contributed by atoms with E-state index in [9.17, 15) is 32.2 Å². The van der Waals surface area contributed by atoms with Crippen molar-refractivity contribution in [2.45, 2.75) is 31.2 Å². The summed E-state index contributed by atoms with van der Waals surface area (Å²) in [7, 11) is 2.06. The topological polar surface area (TPSA) is 79.4 Å². The minimum Gasteiger partial charge on any atom is -0.386 e. The molecule has 1 aromatic heterocycles. The maximum absolute atomic E-state index is 14.9. The summed E-state index contributed by atoms with van der Waals surface area (Å²) in [4.78, 5) is 3.63. The van der Waals surface area contributed by atoms with Gasteiger partial charge in [-0.1, -0.05) is 0 Å². The van der Waals surface area contributed by atoms with E-state index in [0.29, 0.717) is 6.07 Å². The molecule has 0 bridgehead atoms. The van der Waals surface area contributed by atoms with Crippen molar-refractivity contribution in [3.05, 3.63) is 47.2 Å². The largest absolute Gasteiger partial charge is 0.424 e. The van der Waals surface area contributed by atoms with Gasteiger partial charge >= 0.3 is 6.18 Å². The number of hydrogen-bond acceptors (Lipinski definition) is 4. The average molecular weight is 408 g/mol. The zero-order chi connectivity index (χ0) is 20.8. The van der Waals surface area contributed by atoms with Gasteiger partial charge in [0, 0.05) is 23.0 Å². The van der Waals surface area contributed by atoms with Crippen LogP contribution < -0.4 is 11.0 Å². The van der Waals surface area contributed by atoms with Gasteiger partial charge in [0.25, 0.3) is 0 Å². The molecular formula is C17H18F5N2O2P. The highest BCUT2D eigenvalue weighted by atomic mass is 31.0. The highest BCUT2D eigenvalue weighted by Crippen LogP contribution is 2.40. The molecule has 0 aliphatic carbocycles. The first-order valence-corrected chi connectivity index (χ1v) is 8.28. The molecule has 0 aliphatic rings. The molecule has 2 rings (SSSR count). The molecule has 10 heteroatoms. The fraction of sp³-hybridized carbons (Fsp3) is 0.353. The minimum atomic E-state index is -5.20. The summed E-state index contributed by atoms with van der Waals surface area (Å²) in [6.45, 7) is 1.07. The molecule has 4 nitrogen and oxygen atoms in total. The van der Waals surface area contributed by atoms with Crippen LogP contribution in [0.15, 0.2) is 24.3 Å². The lowest BCUT2D eigenvalue weighted by molar-refractivity contribution is -0.263. The van der Waals surface area contributed by atoms with E-state index < -0.39 is 52.5 Å². The minimum absolute atomic E-state index is 0.0344. The van der Waals surface area contributed by atoms with Crippen LogP contribution in [-0.4, -0.2) is 27.9 Å². The summed E-state index contributed by atoms with van der Waals surface area (Å²) in [5.74, 6) is -1.72. The van der Waals surface area contributed by atoms with Crippen molar-refractivity contribution < 1.29 is 32.2 Å².